The highest BCUT2D eigenvalue weighted by atomic mass is 16.5. The summed E-state index contributed by atoms with van der Waals surface area (Å²) in [5.41, 5.74) is 5.98. The summed E-state index contributed by atoms with van der Waals surface area (Å²) in [6.45, 7) is 5.20. The number of hydrogen-bond acceptors (Lipinski definition) is 2. The second kappa shape index (κ2) is 3.55. The predicted octanol–water partition coefficient (Wildman–Crippen LogP) is 1.68. The molecule has 0 amide bonds. The summed E-state index contributed by atoms with van der Waals surface area (Å²) in [6, 6.07) is 0.231. The number of nitrogens with two attached hydrogens (primary N) is 1. The van der Waals surface area contributed by atoms with Crippen LogP contribution in [0.1, 0.15) is 39.5 Å². The van der Waals surface area contributed by atoms with Gasteiger partial charge >= 0.3 is 0 Å². The smallest absolute Gasteiger partial charge is 0.0805 e. The molecule has 2 N–H and O–H groups in total. The van der Waals surface area contributed by atoms with Crippen molar-refractivity contribution in [1.82, 2.24) is 0 Å². The molecule has 0 aromatic carbocycles. The van der Waals surface area contributed by atoms with Gasteiger partial charge in [-0.25, -0.2) is 0 Å². The third-order valence-corrected chi connectivity index (χ3v) is 2.63. The van der Waals surface area contributed by atoms with Gasteiger partial charge in [-0.3, -0.25) is 0 Å². The van der Waals surface area contributed by atoms with Gasteiger partial charge in [-0.15, -0.1) is 0 Å². The summed E-state index contributed by atoms with van der Waals surface area (Å²) in [7, 11) is 0. The van der Waals surface area contributed by atoms with Gasteiger partial charge in [0.05, 0.1) is 5.60 Å². The number of hydrogen-bond donors (Lipinski definition) is 1. The van der Waals surface area contributed by atoms with E-state index in [9.17, 15) is 0 Å². The standard InChI is InChI=1S/C9H19NO/c1-3-5-8(10)9(2)6-4-7-11-9/h8H,3-7,10H2,1-2H3. The Balaban J connectivity index is 2.42. The van der Waals surface area contributed by atoms with E-state index in [1.165, 1.54) is 6.42 Å². The van der Waals surface area contributed by atoms with Gasteiger partial charge in [-0.2, -0.15) is 0 Å². The molecule has 0 bridgehead atoms. The van der Waals surface area contributed by atoms with Crippen LogP contribution in [0, 0.1) is 0 Å². The SMILES string of the molecule is CCCC(N)C1(C)CCCO1. The first-order chi connectivity index (χ1) is 5.19. The Morgan fingerprint density at radius 1 is 1.64 bits per heavy atom. The van der Waals surface area contributed by atoms with Crippen LogP contribution in [-0.4, -0.2) is 18.2 Å². The van der Waals surface area contributed by atoms with Crippen molar-refractivity contribution in [2.24, 2.45) is 5.73 Å². The van der Waals surface area contributed by atoms with Crippen molar-refractivity contribution in [1.29, 1.82) is 0 Å². The summed E-state index contributed by atoms with van der Waals surface area (Å²) in [5, 5.41) is 0. The summed E-state index contributed by atoms with van der Waals surface area (Å²) in [6.07, 6.45) is 4.54. The lowest BCUT2D eigenvalue weighted by atomic mass is 9.91. The summed E-state index contributed by atoms with van der Waals surface area (Å²) in [4.78, 5) is 0. The van der Waals surface area contributed by atoms with Crippen LogP contribution >= 0.6 is 0 Å². The van der Waals surface area contributed by atoms with Crippen molar-refractivity contribution < 1.29 is 4.74 Å². The number of ether oxygens (including phenoxy) is 1. The Bertz CT molecular complexity index is 119. The van der Waals surface area contributed by atoms with Gasteiger partial charge < -0.3 is 10.5 Å². The average Bonchev–Trinajstić information content (AvgIpc) is 2.38. The van der Waals surface area contributed by atoms with Crippen LogP contribution in [0.25, 0.3) is 0 Å². The third-order valence-electron chi connectivity index (χ3n) is 2.63. The highest BCUT2D eigenvalue weighted by Gasteiger charge is 2.35. The lowest BCUT2D eigenvalue weighted by Gasteiger charge is -2.30. The van der Waals surface area contributed by atoms with Gasteiger partial charge in [0.2, 0.25) is 0 Å². The maximum atomic E-state index is 6.00. The van der Waals surface area contributed by atoms with E-state index in [-0.39, 0.29) is 11.6 Å². The lowest BCUT2D eigenvalue weighted by molar-refractivity contribution is -0.00321. The van der Waals surface area contributed by atoms with E-state index in [0.29, 0.717) is 0 Å². The van der Waals surface area contributed by atoms with Gasteiger partial charge in [0.15, 0.2) is 0 Å². The van der Waals surface area contributed by atoms with Crippen LogP contribution in [0.4, 0.5) is 0 Å². The molecule has 0 aromatic heterocycles. The van der Waals surface area contributed by atoms with Crippen molar-refractivity contribution in [3.05, 3.63) is 0 Å². The monoisotopic (exact) mass is 157 g/mol. The molecule has 1 fully saturated rings. The van der Waals surface area contributed by atoms with E-state index in [4.69, 9.17) is 10.5 Å². The fourth-order valence-electron chi connectivity index (χ4n) is 1.71. The normalized spacial score (nSPS) is 34.1. The predicted molar refractivity (Wildman–Crippen MR) is 46.5 cm³/mol. The second-order valence-corrected chi connectivity index (χ2v) is 3.66. The molecule has 2 heteroatoms. The topological polar surface area (TPSA) is 35.2 Å². The zero-order chi connectivity index (χ0) is 8.32. The van der Waals surface area contributed by atoms with Crippen LogP contribution in [0.5, 0.6) is 0 Å². The first-order valence-corrected chi connectivity index (χ1v) is 4.58. The van der Waals surface area contributed by atoms with Crippen LogP contribution < -0.4 is 5.73 Å². The minimum atomic E-state index is -0.0178. The van der Waals surface area contributed by atoms with Crippen molar-refractivity contribution in [3.8, 4) is 0 Å². The van der Waals surface area contributed by atoms with Crippen LogP contribution in [-0.2, 0) is 4.74 Å². The summed E-state index contributed by atoms with van der Waals surface area (Å²) >= 11 is 0. The molecular formula is C9H19NO. The third kappa shape index (κ3) is 1.94. The molecule has 0 saturated carbocycles. The first kappa shape index (κ1) is 9.01. The van der Waals surface area contributed by atoms with Gasteiger partial charge in [0, 0.05) is 12.6 Å². The highest BCUT2D eigenvalue weighted by molar-refractivity contribution is 4.89. The zero-order valence-corrected chi connectivity index (χ0v) is 7.60. The fraction of sp³-hybridized carbons (Fsp3) is 1.00. The molecule has 1 rings (SSSR count). The van der Waals surface area contributed by atoms with E-state index in [1.54, 1.807) is 0 Å². The molecule has 2 unspecified atom stereocenters. The van der Waals surface area contributed by atoms with E-state index in [2.05, 4.69) is 13.8 Å². The Labute approximate surface area is 69.1 Å². The lowest BCUT2D eigenvalue weighted by Crippen LogP contribution is -2.44. The minimum absolute atomic E-state index is 0.0178. The Morgan fingerprint density at radius 2 is 2.36 bits per heavy atom. The van der Waals surface area contributed by atoms with Crippen LogP contribution in [0.3, 0.4) is 0 Å². The van der Waals surface area contributed by atoms with Gasteiger partial charge in [0.1, 0.15) is 0 Å². The largest absolute Gasteiger partial charge is 0.374 e. The van der Waals surface area contributed by atoms with Crippen molar-refractivity contribution >= 4 is 0 Å². The zero-order valence-electron chi connectivity index (χ0n) is 7.60. The molecule has 1 saturated heterocycles. The van der Waals surface area contributed by atoms with E-state index >= 15 is 0 Å². The molecule has 2 nitrogen and oxygen atoms in total. The number of rotatable bonds is 3. The van der Waals surface area contributed by atoms with E-state index < -0.39 is 0 Å². The fourth-order valence-corrected chi connectivity index (χ4v) is 1.71. The summed E-state index contributed by atoms with van der Waals surface area (Å²) in [5.74, 6) is 0. The Hall–Kier alpha value is -0.0800. The van der Waals surface area contributed by atoms with E-state index in [0.717, 1.165) is 25.9 Å². The van der Waals surface area contributed by atoms with Gasteiger partial charge in [-0.1, -0.05) is 13.3 Å². The molecule has 0 radical (unpaired) electrons. The molecule has 66 valence electrons. The van der Waals surface area contributed by atoms with Crippen LogP contribution in [0.2, 0.25) is 0 Å². The van der Waals surface area contributed by atoms with Crippen LogP contribution in [0.15, 0.2) is 0 Å². The quantitative estimate of drug-likeness (QED) is 0.676. The van der Waals surface area contributed by atoms with Crippen molar-refractivity contribution in [3.63, 3.8) is 0 Å². The molecule has 1 aliphatic rings. The molecule has 1 heterocycles. The molecule has 11 heavy (non-hydrogen) atoms. The van der Waals surface area contributed by atoms with Gasteiger partial charge in [0.25, 0.3) is 0 Å². The van der Waals surface area contributed by atoms with Crippen molar-refractivity contribution in [2.75, 3.05) is 6.61 Å². The second-order valence-electron chi connectivity index (χ2n) is 3.66. The maximum Gasteiger partial charge on any atom is 0.0805 e. The summed E-state index contributed by atoms with van der Waals surface area (Å²) < 4.78 is 5.63. The van der Waals surface area contributed by atoms with Crippen molar-refractivity contribution in [2.45, 2.75) is 51.2 Å². The Kier molecular flexibility index (Phi) is 2.90. The highest BCUT2D eigenvalue weighted by Crippen LogP contribution is 2.29. The molecular weight excluding hydrogens is 138 g/mol. The first-order valence-electron chi connectivity index (χ1n) is 4.58. The maximum absolute atomic E-state index is 6.00. The molecule has 0 aromatic rings. The molecule has 2 atom stereocenters. The Morgan fingerprint density at radius 3 is 2.82 bits per heavy atom. The molecule has 0 spiro atoms. The molecule has 0 aliphatic carbocycles. The minimum Gasteiger partial charge on any atom is -0.374 e. The van der Waals surface area contributed by atoms with Gasteiger partial charge in [-0.05, 0) is 26.2 Å². The average molecular weight is 157 g/mol. The van der Waals surface area contributed by atoms with E-state index in [1.807, 2.05) is 0 Å². The molecule has 1 aliphatic heterocycles.